The molecule has 6 nitrogen and oxygen atoms in total. The Morgan fingerprint density at radius 1 is 1.12 bits per heavy atom. The van der Waals surface area contributed by atoms with Crippen molar-refractivity contribution in [1.29, 1.82) is 0 Å². The number of anilines is 1. The Hall–Kier alpha value is -3.64. The number of nitrogens with zero attached hydrogens (tertiary/aromatic N) is 3. The molecule has 166 valence electrons. The van der Waals surface area contributed by atoms with E-state index in [2.05, 4.69) is 21.5 Å². The third kappa shape index (κ3) is 3.87. The van der Waals surface area contributed by atoms with Crippen molar-refractivity contribution in [2.45, 2.75) is 26.8 Å². The fourth-order valence-electron chi connectivity index (χ4n) is 4.24. The standard InChI is InChI=1S/C26H23ClN4O2/c1-14-9-20(16(3)29-19-6-8-23(27)28-12-19)26-21(10-14)24(32)15(2)25(33-26)17-5-7-22-18(11-17)13-31(4)30-22/h5-13,16,29H,1-4H3/t16-/m1/s1. The van der Waals surface area contributed by atoms with Crippen LogP contribution in [0.5, 0.6) is 0 Å². The summed E-state index contributed by atoms with van der Waals surface area (Å²) in [7, 11) is 1.89. The molecule has 5 aromatic rings. The van der Waals surface area contributed by atoms with Gasteiger partial charge in [0.15, 0.2) is 5.43 Å². The molecule has 0 saturated carbocycles. The van der Waals surface area contributed by atoms with Crippen LogP contribution in [0.4, 0.5) is 5.69 Å². The van der Waals surface area contributed by atoms with Crippen molar-refractivity contribution in [1.82, 2.24) is 14.8 Å². The molecular formula is C26H23ClN4O2. The number of hydrogen-bond donors (Lipinski definition) is 1. The molecule has 0 aliphatic carbocycles. The lowest BCUT2D eigenvalue weighted by Gasteiger charge is -2.18. The first-order valence-corrected chi connectivity index (χ1v) is 11.1. The molecule has 0 aliphatic rings. The summed E-state index contributed by atoms with van der Waals surface area (Å²) in [6, 6.07) is 13.3. The van der Waals surface area contributed by atoms with Gasteiger partial charge in [-0.25, -0.2) is 4.98 Å². The maximum absolute atomic E-state index is 13.4. The Morgan fingerprint density at radius 2 is 1.94 bits per heavy atom. The molecule has 7 heteroatoms. The smallest absolute Gasteiger partial charge is 0.196 e. The van der Waals surface area contributed by atoms with Gasteiger partial charge in [0.1, 0.15) is 16.5 Å². The average Bonchev–Trinajstić information content (AvgIpc) is 3.16. The second-order valence-corrected chi connectivity index (χ2v) is 8.82. The van der Waals surface area contributed by atoms with Crippen molar-refractivity contribution >= 4 is 39.2 Å². The monoisotopic (exact) mass is 458 g/mol. The van der Waals surface area contributed by atoms with Gasteiger partial charge in [0, 0.05) is 35.3 Å². The minimum Gasteiger partial charge on any atom is -0.455 e. The van der Waals surface area contributed by atoms with E-state index in [4.69, 9.17) is 16.0 Å². The van der Waals surface area contributed by atoms with E-state index in [1.54, 1.807) is 16.9 Å². The molecule has 0 unspecified atom stereocenters. The van der Waals surface area contributed by atoms with Crippen LogP contribution in [0.1, 0.15) is 29.7 Å². The molecule has 1 atom stereocenters. The first-order chi connectivity index (χ1) is 15.8. The van der Waals surface area contributed by atoms with Crippen LogP contribution in [0.25, 0.3) is 33.2 Å². The van der Waals surface area contributed by atoms with Crippen molar-refractivity contribution in [2.24, 2.45) is 7.05 Å². The largest absolute Gasteiger partial charge is 0.455 e. The van der Waals surface area contributed by atoms with E-state index in [0.717, 1.165) is 33.3 Å². The summed E-state index contributed by atoms with van der Waals surface area (Å²) < 4.78 is 8.25. The van der Waals surface area contributed by atoms with Crippen LogP contribution in [0.15, 0.2) is 64.1 Å². The molecule has 0 saturated heterocycles. The van der Waals surface area contributed by atoms with Crippen molar-refractivity contribution in [3.05, 3.63) is 86.9 Å². The first-order valence-electron chi connectivity index (χ1n) is 10.7. The zero-order valence-electron chi connectivity index (χ0n) is 18.8. The molecule has 0 fully saturated rings. The summed E-state index contributed by atoms with van der Waals surface area (Å²) in [5.41, 5.74) is 5.62. The summed E-state index contributed by atoms with van der Waals surface area (Å²) in [6.07, 6.45) is 3.64. The van der Waals surface area contributed by atoms with E-state index in [1.807, 2.05) is 64.3 Å². The Morgan fingerprint density at radius 3 is 2.70 bits per heavy atom. The number of pyridine rings is 1. The molecule has 0 spiro atoms. The van der Waals surface area contributed by atoms with E-state index in [1.165, 1.54) is 0 Å². The highest BCUT2D eigenvalue weighted by molar-refractivity contribution is 6.29. The third-order valence-electron chi connectivity index (χ3n) is 5.85. The van der Waals surface area contributed by atoms with Gasteiger partial charge < -0.3 is 9.73 Å². The predicted molar refractivity (Wildman–Crippen MR) is 133 cm³/mol. The fourth-order valence-corrected chi connectivity index (χ4v) is 4.36. The summed E-state index contributed by atoms with van der Waals surface area (Å²) >= 11 is 5.92. The lowest BCUT2D eigenvalue weighted by Crippen LogP contribution is -2.12. The van der Waals surface area contributed by atoms with E-state index < -0.39 is 0 Å². The topological polar surface area (TPSA) is 73.0 Å². The highest BCUT2D eigenvalue weighted by Crippen LogP contribution is 2.33. The van der Waals surface area contributed by atoms with Gasteiger partial charge in [0.2, 0.25) is 0 Å². The minimum atomic E-state index is -0.130. The van der Waals surface area contributed by atoms with Crippen LogP contribution in [0.2, 0.25) is 5.15 Å². The number of halogens is 1. The molecule has 0 amide bonds. The number of nitrogens with one attached hydrogen (secondary N) is 1. The van der Waals surface area contributed by atoms with Gasteiger partial charge in [0.05, 0.1) is 28.8 Å². The number of aromatic nitrogens is 3. The maximum Gasteiger partial charge on any atom is 0.196 e. The van der Waals surface area contributed by atoms with E-state index in [-0.39, 0.29) is 11.5 Å². The molecule has 0 aliphatic heterocycles. The Balaban J connectivity index is 1.67. The van der Waals surface area contributed by atoms with Crippen LogP contribution >= 0.6 is 11.6 Å². The second kappa shape index (κ2) is 8.05. The van der Waals surface area contributed by atoms with Gasteiger partial charge >= 0.3 is 0 Å². The molecule has 33 heavy (non-hydrogen) atoms. The number of aryl methyl sites for hydroxylation is 2. The molecular weight excluding hydrogens is 436 g/mol. The van der Waals surface area contributed by atoms with Gasteiger partial charge in [-0.1, -0.05) is 17.7 Å². The highest BCUT2D eigenvalue weighted by atomic mass is 35.5. The van der Waals surface area contributed by atoms with E-state index >= 15 is 0 Å². The minimum absolute atomic E-state index is 0.0251. The van der Waals surface area contributed by atoms with Crippen molar-refractivity contribution in [2.75, 3.05) is 5.32 Å². The van der Waals surface area contributed by atoms with E-state index in [0.29, 0.717) is 27.4 Å². The van der Waals surface area contributed by atoms with Gasteiger partial charge in [0.25, 0.3) is 0 Å². The Labute approximate surface area is 195 Å². The Bertz CT molecular complexity index is 1570. The normalized spacial score (nSPS) is 12.4. The third-order valence-corrected chi connectivity index (χ3v) is 6.07. The molecule has 3 aromatic heterocycles. The van der Waals surface area contributed by atoms with Crippen molar-refractivity contribution in [3.8, 4) is 11.3 Å². The van der Waals surface area contributed by atoms with Crippen LogP contribution < -0.4 is 10.7 Å². The molecule has 0 radical (unpaired) electrons. The van der Waals surface area contributed by atoms with Crippen molar-refractivity contribution < 1.29 is 4.42 Å². The lowest BCUT2D eigenvalue weighted by atomic mass is 9.98. The van der Waals surface area contributed by atoms with Gasteiger partial charge in [-0.2, -0.15) is 5.10 Å². The summed E-state index contributed by atoms with van der Waals surface area (Å²) in [4.78, 5) is 17.5. The number of fused-ring (bicyclic) bond motifs is 2. The molecule has 3 heterocycles. The lowest BCUT2D eigenvalue weighted by molar-refractivity contribution is 0.606. The molecule has 1 N–H and O–H groups in total. The van der Waals surface area contributed by atoms with Crippen LogP contribution in [0.3, 0.4) is 0 Å². The number of rotatable bonds is 4. The summed E-state index contributed by atoms with van der Waals surface area (Å²) in [5, 5.41) is 9.87. The average molecular weight is 459 g/mol. The van der Waals surface area contributed by atoms with Crippen LogP contribution in [0, 0.1) is 13.8 Å². The zero-order chi connectivity index (χ0) is 23.3. The van der Waals surface area contributed by atoms with Gasteiger partial charge in [-0.15, -0.1) is 0 Å². The number of benzene rings is 2. The van der Waals surface area contributed by atoms with Crippen LogP contribution in [-0.2, 0) is 7.05 Å². The maximum atomic E-state index is 13.4. The Kier molecular flexibility index (Phi) is 5.17. The van der Waals surface area contributed by atoms with E-state index in [9.17, 15) is 4.79 Å². The van der Waals surface area contributed by atoms with Crippen LogP contribution in [-0.4, -0.2) is 14.8 Å². The van der Waals surface area contributed by atoms with Crippen molar-refractivity contribution in [3.63, 3.8) is 0 Å². The fraction of sp³-hybridized carbons (Fsp3) is 0.192. The summed E-state index contributed by atoms with van der Waals surface area (Å²) in [5.74, 6) is 0.573. The molecule has 5 rings (SSSR count). The van der Waals surface area contributed by atoms with Gasteiger partial charge in [-0.05, 0) is 62.7 Å². The summed E-state index contributed by atoms with van der Waals surface area (Å²) in [6.45, 7) is 5.83. The highest BCUT2D eigenvalue weighted by Gasteiger charge is 2.19. The quantitative estimate of drug-likeness (QED) is 0.325. The molecule has 2 aromatic carbocycles. The van der Waals surface area contributed by atoms with Gasteiger partial charge in [-0.3, -0.25) is 9.48 Å². The first kappa shape index (κ1) is 21.2. The SMILES string of the molecule is Cc1cc([C@@H](C)Nc2ccc(Cl)nc2)c2oc(-c3ccc4nn(C)cc4c3)c(C)c(=O)c2c1. The zero-order valence-corrected chi connectivity index (χ0v) is 19.6. The predicted octanol–water partition coefficient (Wildman–Crippen LogP) is 6.19. The number of hydrogen-bond acceptors (Lipinski definition) is 5. The molecule has 0 bridgehead atoms. The second-order valence-electron chi connectivity index (χ2n) is 8.43.